The Morgan fingerprint density at radius 1 is 0.857 bits per heavy atom. The summed E-state index contributed by atoms with van der Waals surface area (Å²) in [6, 6.07) is 9.51. The molecule has 0 spiro atoms. The monoisotopic (exact) mass is 388 g/mol. The van der Waals surface area contributed by atoms with Crippen LogP contribution in [0.1, 0.15) is 15.9 Å². The third-order valence-corrected chi connectivity index (χ3v) is 3.57. The summed E-state index contributed by atoms with van der Waals surface area (Å²) in [6.45, 7) is 0. The molecule has 0 unspecified atom stereocenters. The van der Waals surface area contributed by atoms with Crippen LogP contribution >= 0.6 is 0 Å². The van der Waals surface area contributed by atoms with Crippen LogP contribution in [0.2, 0.25) is 0 Å². The maximum atomic E-state index is 12.2. The number of nitrogens with zero attached hydrogens (tertiary/aromatic N) is 1. The lowest BCUT2D eigenvalue weighted by Gasteiger charge is -2.09. The van der Waals surface area contributed by atoms with Crippen LogP contribution in [0.25, 0.3) is 0 Å². The summed E-state index contributed by atoms with van der Waals surface area (Å²) in [5.74, 6) is 1.03. The van der Waals surface area contributed by atoms with E-state index in [9.17, 15) is 9.59 Å². The summed E-state index contributed by atoms with van der Waals surface area (Å²) in [4.78, 5) is 23.4. The summed E-state index contributed by atoms with van der Waals surface area (Å²) in [5, 5.41) is 3.91. The van der Waals surface area contributed by atoms with Gasteiger partial charge in [-0.25, -0.2) is 10.2 Å². The van der Waals surface area contributed by atoms with Crippen molar-refractivity contribution in [2.75, 3.05) is 28.4 Å². The molecule has 1 N–H and O–H groups in total. The van der Waals surface area contributed by atoms with E-state index in [2.05, 4.69) is 15.3 Å². The Hall–Kier alpha value is -3.75. The maximum absolute atomic E-state index is 12.2. The SMILES string of the molecule is COC(=O)Oc1ccc(/C=N\NC(=O)c2ccc(OC)c(OC)c2)cc1OC. The normalized spacial score (nSPS) is 10.3. The molecular weight excluding hydrogens is 368 g/mol. The van der Waals surface area contributed by atoms with Crippen LogP contribution in [-0.4, -0.2) is 46.7 Å². The van der Waals surface area contributed by atoms with Gasteiger partial charge in [-0.2, -0.15) is 5.10 Å². The van der Waals surface area contributed by atoms with Crippen molar-refractivity contribution in [2.45, 2.75) is 0 Å². The molecule has 0 bridgehead atoms. The average Bonchev–Trinajstić information content (AvgIpc) is 2.73. The Balaban J connectivity index is 2.07. The molecule has 0 aliphatic carbocycles. The highest BCUT2D eigenvalue weighted by Gasteiger charge is 2.11. The largest absolute Gasteiger partial charge is 0.513 e. The van der Waals surface area contributed by atoms with Gasteiger partial charge < -0.3 is 23.7 Å². The molecule has 9 nitrogen and oxygen atoms in total. The first-order valence-corrected chi connectivity index (χ1v) is 8.01. The maximum Gasteiger partial charge on any atom is 0.513 e. The van der Waals surface area contributed by atoms with Crippen molar-refractivity contribution >= 4 is 18.3 Å². The molecule has 1 amide bonds. The Kier molecular flexibility index (Phi) is 7.21. The van der Waals surface area contributed by atoms with Crippen LogP contribution in [0.5, 0.6) is 23.0 Å². The second-order valence-corrected chi connectivity index (χ2v) is 5.24. The summed E-state index contributed by atoms with van der Waals surface area (Å²) < 4.78 is 24.9. The molecule has 0 heterocycles. The Morgan fingerprint density at radius 2 is 1.50 bits per heavy atom. The van der Waals surface area contributed by atoms with E-state index < -0.39 is 12.1 Å². The van der Waals surface area contributed by atoms with E-state index in [-0.39, 0.29) is 5.75 Å². The highest BCUT2D eigenvalue weighted by molar-refractivity contribution is 5.95. The Bertz CT molecular complexity index is 881. The number of amides is 1. The number of carbonyl (C=O) groups is 2. The predicted molar refractivity (Wildman–Crippen MR) is 101 cm³/mol. The smallest absolute Gasteiger partial charge is 0.493 e. The van der Waals surface area contributed by atoms with Gasteiger partial charge in [-0.05, 0) is 42.0 Å². The molecule has 148 valence electrons. The lowest BCUT2D eigenvalue weighted by atomic mass is 10.2. The van der Waals surface area contributed by atoms with Gasteiger partial charge in [-0.3, -0.25) is 4.79 Å². The van der Waals surface area contributed by atoms with E-state index in [0.717, 1.165) is 0 Å². The van der Waals surface area contributed by atoms with Gasteiger partial charge in [-0.1, -0.05) is 0 Å². The molecule has 2 aromatic carbocycles. The minimum Gasteiger partial charge on any atom is -0.493 e. The molecule has 0 atom stereocenters. The van der Waals surface area contributed by atoms with E-state index in [1.807, 2.05) is 0 Å². The van der Waals surface area contributed by atoms with Crippen molar-refractivity contribution in [3.05, 3.63) is 47.5 Å². The van der Waals surface area contributed by atoms with Gasteiger partial charge >= 0.3 is 6.16 Å². The van der Waals surface area contributed by atoms with Crippen molar-refractivity contribution < 1.29 is 33.3 Å². The minimum absolute atomic E-state index is 0.195. The molecule has 28 heavy (non-hydrogen) atoms. The second-order valence-electron chi connectivity index (χ2n) is 5.24. The van der Waals surface area contributed by atoms with Crippen LogP contribution < -0.4 is 24.4 Å². The van der Waals surface area contributed by atoms with Gasteiger partial charge in [-0.15, -0.1) is 0 Å². The molecular formula is C19H20N2O7. The number of hydrogen-bond donors (Lipinski definition) is 1. The summed E-state index contributed by atoms with van der Waals surface area (Å²) in [7, 11) is 5.63. The number of hydrogen-bond acceptors (Lipinski definition) is 8. The minimum atomic E-state index is -0.859. The summed E-state index contributed by atoms with van der Waals surface area (Å²) in [6.07, 6.45) is 0.560. The second kappa shape index (κ2) is 9.81. The summed E-state index contributed by atoms with van der Waals surface area (Å²) in [5.41, 5.74) is 3.39. The van der Waals surface area contributed by atoms with Crippen LogP contribution in [0.15, 0.2) is 41.5 Å². The van der Waals surface area contributed by atoms with Gasteiger partial charge in [0.1, 0.15) is 0 Å². The molecule has 0 aliphatic rings. The van der Waals surface area contributed by atoms with Gasteiger partial charge in [0.25, 0.3) is 5.91 Å². The number of benzene rings is 2. The number of carbonyl (C=O) groups excluding carboxylic acids is 2. The van der Waals surface area contributed by atoms with Gasteiger partial charge in [0, 0.05) is 5.56 Å². The van der Waals surface area contributed by atoms with Crippen molar-refractivity contribution in [3.8, 4) is 23.0 Å². The van der Waals surface area contributed by atoms with Crippen LogP contribution in [0.4, 0.5) is 4.79 Å². The lowest BCUT2D eigenvalue weighted by Crippen LogP contribution is -2.17. The third kappa shape index (κ3) is 5.13. The molecule has 0 aliphatic heterocycles. The first-order valence-electron chi connectivity index (χ1n) is 8.01. The average molecular weight is 388 g/mol. The molecule has 0 saturated carbocycles. The number of hydrazone groups is 1. The standard InChI is InChI=1S/C19H20N2O7/c1-24-14-8-6-13(10-17(14)26-3)18(22)21-20-11-12-5-7-15(16(9-12)25-2)28-19(23)27-4/h5-11H,1-4H3,(H,21,22)/b20-11-. The highest BCUT2D eigenvalue weighted by Crippen LogP contribution is 2.28. The molecule has 0 radical (unpaired) electrons. The van der Waals surface area contributed by atoms with E-state index >= 15 is 0 Å². The number of methoxy groups -OCH3 is 4. The van der Waals surface area contributed by atoms with Crippen molar-refractivity contribution in [1.29, 1.82) is 0 Å². The topological polar surface area (TPSA) is 105 Å². The molecule has 9 heteroatoms. The summed E-state index contributed by atoms with van der Waals surface area (Å²) >= 11 is 0. The zero-order chi connectivity index (χ0) is 20.5. The fourth-order valence-electron chi connectivity index (χ4n) is 2.19. The Labute approximate surface area is 161 Å². The van der Waals surface area contributed by atoms with Gasteiger partial charge in [0.15, 0.2) is 23.0 Å². The quantitative estimate of drug-likeness (QED) is 0.336. The van der Waals surface area contributed by atoms with Crippen molar-refractivity contribution in [3.63, 3.8) is 0 Å². The van der Waals surface area contributed by atoms with E-state index in [0.29, 0.717) is 28.4 Å². The fourth-order valence-corrected chi connectivity index (χ4v) is 2.19. The highest BCUT2D eigenvalue weighted by atomic mass is 16.7. The van der Waals surface area contributed by atoms with Crippen LogP contribution in [-0.2, 0) is 4.74 Å². The lowest BCUT2D eigenvalue weighted by molar-refractivity contribution is 0.0954. The first kappa shape index (κ1) is 20.6. The Morgan fingerprint density at radius 3 is 2.14 bits per heavy atom. The van der Waals surface area contributed by atoms with Crippen molar-refractivity contribution in [1.82, 2.24) is 5.43 Å². The molecule has 2 aromatic rings. The molecule has 0 fully saturated rings. The molecule has 0 saturated heterocycles. The number of rotatable bonds is 7. The van der Waals surface area contributed by atoms with Crippen LogP contribution in [0, 0.1) is 0 Å². The zero-order valence-electron chi connectivity index (χ0n) is 15.8. The molecule has 0 aromatic heterocycles. The number of nitrogens with one attached hydrogen (secondary N) is 1. The fraction of sp³-hybridized carbons (Fsp3) is 0.211. The van der Waals surface area contributed by atoms with Gasteiger partial charge in [0.2, 0.25) is 0 Å². The predicted octanol–water partition coefficient (Wildman–Crippen LogP) is 2.62. The van der Waals surface area contributed by atoms with E-state index in [1.165, 1.54) is 40.7 Å². The zero-order valence-corrected chi connectivity index (χ0v) is 15.8. The third-order valence-electron chi connectivity index (χ3n) is 3.57. The van der Waals surface area contributed by atoms with E-state index in [1.54, 1.807) is 30.3 Å². The number of ether oxygens (including phenoxy) is 5. The van der Waals surface area contributed by atoms with Crippen LogP contribution in [0.3, 0.4) is 0 Å². The molecule has 2 rings (SSSR count). The van der Waals surface area contributed by atoms with Crippen molar-refractivity contribution in [2.24, 2.45) is 5.10 Å². The first-order chi connectivity index (χ1) is 13.5. The van der Waals surface area contributed by atoms with Gasteiger partial charge in [0.05, 0.1) is 34.7 Å². The van der Waals surface area contributed by atoms with E-state index in [4.69, 9.17) is 18.9 Å².